The summed E-state index contributed by atoms with van der Waals surface area (Å²) in [5.74, 6) is 5.27. The van der Waals surface area contributed by atoms with E-state index in [2.05, 4.69) is 15.7 Å². The molecule has 1 amide bonds. The number of carbonyl (C=O) groups excluding carboxylic acids is 1. The lowest BCUT2D eigenvalue weighted by atomic mass is 9.95. The summed E-state index contributed by atoms with van der Waals surface area (Å²) in [4.78, 5) is 16.0. The lowest BCUT2D eigenvalue weighted by Crippen LogP contribution is -2.36. The molecule has 4 N–H and O–H groups in total. The number of carbonyl (C=O) groups is 1. The molecule has 1 aliphatic carbocycles. The summed E-state index contributed by atoms with van der Waals surface area (Å²) in [6.07, 6.45) is 8.96. The Morgan fingerprint density at radius 2 is 2.12 bits per heavy atom. The summed E-state index contributed by atoms with van der Waals surface area (Å²) < 4.78 is 0. The molecular weight excluding hydrogens is 216 g/mol. The van der Waals surface area contributed by atoms with Crippen molar-refractivity contribution in [2.75, 3.05) is 5.43 Å². The molecule has 0 unspecified atom stereocenters. The lowest BCUT2D eigenvalue weighted by Gasteiger charge is -2.23. The fourth-order valence-electron chi connectivity index (χ4n) is 2.22. The molecule has 5 heteroatoms. The molecule has 0 atom stereocenters. The predicted octanol–water partition coefficient (Wildman–Crippen LogP) is 1.43. The molecular formula is C12H18N4O. The zero-order valence-electron chi connectivity index (χ0n) is 9.78. The van der Waals surface area contributed by atoms with E-state index >= 15 is 0 Å². The number of nitrogens with zero attached hydrogens (tertiary/aromatic N) is 1. The summed E-state index contributed by atoms with van der Waals surface area (Å²) in [6.45, 7) is 0. The average molecular weight is 234 g/mol. The van der Waals surface area contributed by atoms with E-state index in [1.807, 2.05) is 0 Å². The number of hydrazine groups is 1. The van der Waals surface area contributed by atoms with Gasteiger partial charge in [-0.1, -0.05) is 19.3 Å². The number of nitrogens with one attached hydrogen (secondary N) is 2. The van der Waals surface area contributed by atoms with Gasteiger partial charge in [0.05, 0.1) is 17.4 Å². The van der Waals surface area contributed by atoms with Crippen LogP contribution in [0.5, 0.6) is 0 Å². The second-order valence-electron chi connectivity index (χ2n) is 4.37. The van der Waals surface area contributed by atoms with Crippen molar-refractivity contribution < 1.29 is 4.79 Å². The van der Waals surface area contributed by atoms with Crippen LogP contribution in [0.4, 0.5) is 5.69 Å². The van der Waals surface area contributed by atoms with Crippen LogP contribution in [0.2, 0.25) is 0 Å². The Kier molecular flexibility index (Phi) is 3.93. The zero-order valence-corrected chi connectivity index (χ0v) is 9.78. The van der Waals surface area contributed by atoms with Crippen molar-refractivity contribution in [1.29, 1.82) is 0 Å². The van der Waals surface area contributed by atoms with Crippen LogP contribution in [0.25, 0.3) is 0 Å². The first-order chi connectivity index (χ1) is 8.31. The van der Waals surface area contributed by atoms with Gasteiger partial charge in [-0.3, -0.25) is 15.6 Å². The van der Waals surface area contributed by atoms with Crippen molar-refractivity contribution in [2.45, 2.75) is 38.1 Å². The highest BCUT2D eigenvalue weighted by Crippen LogP contribution is 2.19. The van der Waals surface area contributed by atoms with Gasteiger partial charge in [0.2, 0.25) is 0 Å². The molecule has 1 aliphatic rings. The minimum atomic E-state index is -0.0766. The Hall–Kier alpha value is -1.62. The van der Waals surface area contributed by atoms with Gasteiger partial charge in [-0.2, -0.15) is 0 Å². The third kappa shape index (κ3) is 2.94. The molecule has 92 valence electrons. The molecule has 5 nitrogen and oxygen atoms in total. The third-order valence-electron chi connectivity index (χ3n) is 3.16. The van der Waals surface area contributed by atoms with E-state index in [0.29, 0.717) is 17.3 Å². The normalized spacial score (nSPS) is 16.5. The van der Waals surface area contributed by atoms with E-state index in [4.69, 9.17) is 5.84 Å². The smallest absolute Gasteiger partial charge is 0.253 e. The molecule has 17 heavy (non-hydrogen) atoms. The van der Waals surface area contributed by atoms with E-state index in [9.17, 15) is 4.79 Å². The molecule has 1 heterocycles. The molecule has 0 spiro atoms. The Morgan fingerprint density at radius 1 is 1.35 bits per heavy atom. The Morgan fingerprint density at radius 3 is 2.82 bits per heavy atom. The number of hydrogen-bond donors (Lipinski definition) is 3. The summed E-state index contributed by atoms with van der Waals surface area (Å²) >= 11 is 0. The zero-order chi connectivity index (χ0) is 12.1. The molecule has 0 bridgehead atoms. The van der Waals surface area contributed by atoms with Crippen LogP contribution in [0.15, 0.2) is 18.5 Å². The minimum Gasteiger partial charge on any atom is -0.349 e. The van der Waals surface area contributed by atoms with E-state index in [1.165, 1.54) is 19.3 Å². The van der Waals surface area contributed by atoms with Crippen LogP contribution in [0.1, 0.15) is 42.5 Å². The highest BCUT2D eigenvalue weighted by atomic mass is 16.1. The van der Waals surface area contributed by atoms with E-state index in [1.54, 1.807) is 18.5 Å². The summed E-state index contributed by atoms with van der Waals surface area (Å²) in [5.41, 5.74) is 3.60. The molecule has 1 aromatic rings. The lowest BCUT2D eigenvalue weighted by molar-refractivity contribution is 0.0928. The highest BCUT2D eigenvalue weighted by Gasteiger charge is 2.18. The monoisotopic (exact) mass is 234 g/mol. The second-order valence-corrected chi connectivity index (χ2v) is 4.37. The second kappa shape index (κ2) is 5.63. The number of anilines is 1. The van der Waals surface area contributed by atoms with Crippen LogP contribution in [-0.4, -0.2) is 16.9 Å². The summed E-state index contributed by atoms with van der Waals surface area (Å²) in [6, 6.07) is 1.97. The molecule has 1 aromatic heterocycles. The first-order valence-electron chi connectivity index (χ1n) is 6.03. The average Bonchev–Trinajstić information content (AvgIpc) is 2.40. The highest BCUT2D eigenvalue weighted by molar-refractivity contribution is 5.99. The third-order valence-corrected chi connectivity index (χ3v) is 3.16. The number of amides is 1. The maximum atomic E-state index is 12.1. The number of nitrogens with two attached hydrogens (primary N) is 1. The van der Waals surface area contributed by atoms with Crippen LogP contribution in [-0.2, 0) is 0 Å². The Labute approximate surface area is 101 Å². The van der Waals surface area contributed by atoms with Gasteiger partial charge in [-0.05, 0) is 18.9 Å². The molecule has 1 fully saturated rings. The van der Waals surface area contributed by atoms with Crippen LogP contribution >= 0.6 is 0 Å². The summed E-state index contributed by atoms with van der Waals surface area (Å²) in [5, 5.41) is 3.05. The van der Waals surface area contributed by atoms with E-state index in [-0.39, 0.29) is 5.91 Å². The van der Waals surface area contributed by atoms with Gasteiger partial charge in [0.25, 0.3) is 5.91 Å². The van der Waals surface area contributed by atoms with Crippen molar-refractivity contribution >= 4 is 11.6 Å². The van der Waals surface area contributed by atoms with E-state index in [0.717, 1.165) is 12.8 Å². The van der Waals surface area contributed by atoms with Gasteiger partial charge in [-0.25, -0.2) is 0 Å². The van der Waals surface area contributed by atoms with Crippen LogP contribution in [0.3, 0.4) is 0 Å². The van der Waals surface area contributed by atoms with Crippen molar-refractivity contribution in [3.05, 3.63) is 24.0 Å². The number of aromatic nitrogens is 1. The maximum absolute atomic E-state index is 12.1. The number of rotatable bonds is 3. The molecule has 2 rings (SSSR count). The topological polar surface area (TPSA) is 80.0 Å². The fourth-order valence-corrected chi connectivity index (χ4v) is 2.22. The number of pyridine rings is 1. The van der Waals surface area contributed by atoms with Crippen LogP contribution < -0.4 is 16.6 Å². The Bertz CT molecular complexity index is 388. The fraction of sp³-hybridized carbons (Fsp3) is 0.500. The molecule has 0 radical (unpaired) electrons. The van der Waals surface area contributed by atoms with Gasteiger partial charge in [0, 0.05) is 12.2 Å². The SMILES string of the molecule is NNc1cnccc1C(=O)NC1CCCCC1. The van der Waals surface area contributed by atoms with E-state index < -0.39 is 0 Å². The Balaban J connectivity index is 2.03. The van der Waals surface area contributed by atoms with Crippen molar-refractivity contribution in [1.82, 2.24) is 10.3 Å². The van der Waals surface area contributed by atoms with Crippen molar-refractivity contribution in [3.8, 4) is 0 Å². The largest absolute Gasteiger partial charge is 0.349 e. The number of nitrogen functional groups attached to an aromatic ring is 1. The predicted molar refractivity (Wildman–Crippen MR) is 66.4 cm³/mol. The first-order valence-corrected chi connectivity index (χ1v) is 6.03. The molecule has 0 saturated heterocycles. The molecule has 0 aliphatic heterocycles. The summed E-state index contributed by atoms with van der Waals surface area (Å²) in [7, 11) is 0. The maximum Gasteiger partial charge on any atom is 0.253 e. The standard InChI is InChI=1S/C12H18N4O/c13-16-11-8-14-7-6-10(11)12(17)15-9-4-2-1-3-5-9/h6-9,16H,1-5,13H2,(H,15,17). The van der Waals surface area contributed by atoms with Crippen LogP contribution in [0, 0.1) is 0 Å². The quantitative estimate of drug-likeness (QED) is 0.546. The molecule has 0 aromatic carbocycles. The van der Waals surface area contributed by atoms with Crippen molar-refractivity contribution in [3.63, 3.8) is 0 Å². The van der Waals surface area contributed by atoms with Crippen molar-refractivity contribution in [2.24, 2.45) is 5.84 Å². The van der Waals surface area contributed by atoms with Gasteiger partial charge in [0.1, 0.15) is 0 Å². The van der Waals surface area contributed by atoms with Gasteiger partial charge in [0.15, 0.2) is 0 Å². The van der Waals surface area contributed by atoms with Gasteiger partial charge in [-0.15, -0.1) is 0 Å². The first kappa shape index (κ1) is 11.9. The minimum absolute atomic E-state index is 0.0766. The number of hydrogen-bond acceptors (Lipinski definition) is 4. The molecule has 1 saturated carbocycles. The van der Waals surface area contributed by atoms with Gasteiger partial charge < -0.3 is 10.7 Å². The van der Waals surface area contributed by atoms with Gasteiger partial charge >= 0.3 is 0 Å².